The third-order valence-electron chi connectivity index (χ3n) is 7.08. The summed E-state index contributed by atoms with van der Waals surface area (Å²) in [4.78, 5) is 0. The molecule has 0 bridgehead atoms. The van der Waals surface area contributed by atoms with E-state index in [0.717, 1.165) is 11.8 Å². The molecule has 0 saturated heterocycles. The molecule has 0 N–H and O–H groups in total. The topological polar surface area (TPSA) is 0 Å². The van der Waals surface area contributed by atoms with E-state index in [1.54, 1.807) is 5.56 Å². The van der Waals surface area contributed by atoms with Gasteiger partial charge in [-0.25, -0.2) is 0 Å². The maximum absolute atomic E-state index is 2.56. The molecule has 3 aliphatic carbocycles. The highest BCUT2D eigenvalue weighted by atomic mass is 15.0. The summed E-state index contributed by atoms with van der Waals surface area (Å²) in [6.45, 7) is 7.59. The van der Waals surface area contributed by atoms with Crippen molar-refractivity contribution in [3.63, 3.8) is 0 Å². The van der Waals surface area contributed by atoms with Gasteiger partial charge < -0.3 is 0 Å². The summed E-state index contributed by atoms with van der Waals surface area (Å²) in [7, 11) is 0. The summed E-state index contributed by atoms with van der Waals surface area (Å²) >= 11 is 0. The third-order valence-corrected chi connectivity index (χ3v) is 7.08. The van der Waals surface area contributed by atoms with E-state index in [4.69, 9.17) is 0 Å². The predicted molar refractivity (Wildman–Crippen MR) is 70.8 cm³/mol. The van der Waals surface area contributed by atoms with Gasteiger partial charge >= 0.3 is 0 Å². The summed E-state index contributed by atoms with van der Waals surface area (Å²) in [5.41, 5.74) is 3.23. The SMILES string of the molecule is CC1(C)[C@]2(c3ccccc3)[C@H]3CCC[C@H]3[C@]12C. The van der Waals surface area contributed by atoms with Crippen LogP contribution in [0.5, 0.6) is 0 Å². The second-order valence-electron chi connectivity index (χ2n) is 7.15. The first-order chi connectivity index (χ1) is 8.08. The van der Waals surface area contributed by atoms with Crippen molar-refractivity contribution >= 4 is 0 Å². The summed E-state index contributed by atoms with van der Waals surface area (Å²) < 4.78 is 0. The molecule has 0 unspecified atom stereocenters. The Kier molecular flexibility index (Phi) is 1.57. The highest BCUT2D eigenvalue weighted by Crippen LogP contribution is 2.94. The molecule has 1 aromatic rings. The van der Waals surface area contributed by atoms with Gasteiger partial charge in [0.1, 0.15) is 0 Å². The summed E-state index contributed by atoms with van der Waals surface area (Å²) in [6.07, 6.45) is 4.42. The zero-order valence-corrected chi connectivity index (χ0v) is 11.2. The molecular weight excluding hydrogens is 204 g/mol. The van der Waals surface area contributed by atoms with E-state index in [1.165, 1.54) is 19.3 Å². The summed E-state index contributed by atoms with van der Waals surface area (Å²) in [6, 6.07) is 11.4. The maximum Gasteiger partial charge on any atom is 0.0103 e. The first kappa shape index (κ1) is 10.2. The van der Waals surface area contributed by atoms with Crippen molar-refractivity contribution in [3.8, 4) is 0 Å². The first-order valence-electron chi connectivity index (χ1n) is 7.14. The molecule has 3 saturated carbocycles. The minimum absolute atomic E-state index is 0.511. The molecule has 17 heavy (non-hydrogen) atoms. The Balaban J connectivity index is 1.89. The standard InChI is InChI=1S/C17H22/c1-15(2)16(3)13-10-7-11-14(13)17(15,16)12-8-5-4-6-9-12/h4-6,8-9,13-14H,7,10-11H2,1-3H3/t13-,14+,16-,17+/m1/s1. The highest BCUT2D eigenvalue weighted by molar-refractivity contribution is 5.53. The van der Waals surface area contributed by atoms with Crippen molar-refractivity contribution in [2.24, 2.45) is 22.7 Å². The first-order valence-corrected chi connectivity index (χ1v) is 7.14. The fraction of sp³-hybridized carbons (Fsp3) is 0.647. The van der Waals surface area contributed by atoms with Crippen LogP contribution in [0.15, 0.2) is 30.3 Å². The van der Waals surface area contributed by atoms with Gasteiger partial charge in [0, 0.05) is 5.41 Å². The lowest BCUT2D eigenvalue weighted by Crippen LogP contribution is -2.44. The molecular formula is C17H22. The van der Waals surface area contributed by atoms with Gasteiger partial charge in [-0.3, -0.25) is 0 Å². The Hall–Kier alpha value is -0.780. The molecule has 0 radical (unpaired) electrons. The Morgan fingerprint density at radius 1 is 0.941 bits per heavy atom. The Morgan fingerprint density at radius 3 is 2.29 bits per heavy atom. The van der Waals surface area contributed by atoms with Crippen LogP contribution >= 0.6 is 0 Å². The van der Waals surface area contributed by atoms with Gasteiger partial charge in [0.15, 0.2) is 0 Å². The van der Waals surface area contributed by atoms with Gasteiger partial charge in [0.05, 0.1) is 0 Å². The van der Waals surface area contributed by atoms with Gasteiger partial charge in [-0.05, 0) is 41.1 Å². The Morgan fingerprint density at radius 2 is 1.59 bits per heavy atom. The normalized spacial score (nSPS) is 49.1. The molecule has 3 aliphatic rings. The van der Waals surface area contributed by atoms with Crippen molar-refractivity contribution in [1.82, 2.24) is 0 Å². The van der Waals surface area contributed by atoms with E-state index in [9.17, 15) is 0 Å². The number of benzene rings is 1. The Labute approximate surface area is 104 Å². The lowest BCUT2D eigenvalue weighted by molar-refractivity contribution is 0.0728. The van der Waals surface area contributed by atoms with Crippen LogP contribution in [-0.4, -0.2) is 0 Å². The van der Waals surface area contributed by atoms with Crippen LogP contribution in [0.4, 0.5) is 0 Å². The lowest BCUT2D eigenvalue weighted by Gasteiger charge is -2.47. The quantitative estimate of drug-likeness (QED) is 0.666. The van der Waals surface area contributed by atoms with Crippen LogP contribution in [0.25, 0.3) is 0 Å². The lowest BCUT2D eigenvalue weighted by atomic mass is 9.57. The number of hydrogen-bond acceptors (Lipinski definition) is 0. The van der Waals surface area contributed by atoms with Crippen molar-refractivity contribution in [2.75, 3.05) is 0 Å². The van der Waals surface area contributed by atoms with Crippen LogP contribution in [0.2, 0.25) is 0 Å². The van der Waals surface area contributed by atoms with Crippen LogP contribution in [0.3, 0.4) is 0 Å². The third kappa shape index (κ3) is 0.733. The van der Waals surface area contributed by atoms with Crippen LogP contribution in [-0.2, 0) is 5.41 Å². The molecule has 0 heterocycles. The average molecular weight is 226 g/mol. The number of fused-ring (bicyclic) bond motifs is 4. The van der Waals surface area contributed by atoms with Gasteiger partial charge in [-0.15, -0.1) is 0 Å². The van der Waals surface area contributed by atoms with Gasteiger partial charge in [0.25, 0.3) is 0 Å². The summed E-state index contributed by atoms with van der Waals surface area (Å²) in [5, 5.41) is 0. The smallest absolute Gasteiger partial charge is 0.0103 e. The molecule has 0 nitrogen and oxygen atoms in total. The fourth-order valence-electron chi connectivity index (χ4n) is 6.42. The fourth-order valence-corrected chi connectivity index (χ4v) is 6.42. The number of rotatable bonds is 1. The zero-order valence-electron chi connectivity index (χ0n) is 11.2. The molecule has 3 fully saturated rings. The second kappa shape index (κ2) is 2.63. The van der Waals surface area contributed by atoms with Crippen molar-refractivity contribution < 1.29 is 0 Å². The van der Waals surface area contributed by atoms with Crippen LogP contribution in [0, 0.1) is 22.7 Å². The molecule has 0 aromatic heterocycles. The Bertz CT molecular complexity index is 472. The predicted octanol–water partition coefficient (Wildman–Crippen LogP) is 4.40. The number of hydrogen-bond donors (Lipinski definition) is 0. The molecule has 90 valence electrons. The minimum atomic E-state index is 0.511. The van der Waals surface area contributed by atoms with E-state index in [1.807, 2.05) is 0 Å². The van der Waals surface area contributed by atoms with Gasteiger partial charge in [-0.1, -0.05) is 57.5 Å². The van der Waals surface area contributed by atoms with Crippen molar-refractivity contribution in [3.05, 3.63) is 35.9 Å². The molecule has 0 spiro atoms. The van der Waals surface area contributed by atoms with Crippen LogP contribution < -0.4 is 0 Å². The molecule has 4 rings (SSSR count). The molecule has 0 amide bonds. The molecule has 1 aromatic carbocycles. The van der Waals surface area contributed by atoms with E-state index in [2.05, 4.69) is 51.1 Å². The summed E-state index contributed by atoms with van der Waals surface area (Å²) in [5.74, 6) is 1.99. The average Bonchev–Trinajstić information content (AvgIpc) is 2.67. The van der Waals surface area contributed by atoms with Crippen LogP contribution in [0.1, 0.15) is 45.6 Å². The maximum atomic E-state index is 2.56. The zero-order chi connectivity index (χ0) is 11.9. The van der Waals surface area contributed by atoms with Crippen molar-refractivity contribution in [2.45, 2.75) is 45.4 Å². The largest absolute Gasteiger partial charge is 0.0622 e. The molecule has 4 atom stereocenters. The molecule has 0 heteroatoms. The molecule has 0 aliphatic heterocycles. The van der Waals surface area contributed by atoms with E-state index < -0.39 is 0 Å². The highest BCUT2D eigenvalue weighted by Gasteiger charge is 2.92. The van der Waals surface area contributed by atoms with Gasteiger partial charge in [-0.2, -0.15) is 0 Å². The second-order valence-corrected chi connectivity index (χ2v) is 7.15. The van der Waals surface area contributed by atoms with E-state index >= 15 is 0 Å². The van der Waals surface area contributed by atoms with Gasteiger partial charge in [0.2, 0.25) is 0 Å². The van der Waals surface area contributed by atoms with Crippen molar-refractivity contribution in [1.29, 1.82) is 0 Å². The minimum Gasteiger partial charge on any atom is -0.0622 e. The van der Waals surface area contributed by atoms with E-state index in [0.29, 0.717) is 16.2 Å². The monoisotopic (exact) mass is 226 g/mol. The van der Waals surface area contributed by atoms with E-state index in [-0.39, 0.29) is 0 Å².